The predicted molar refractivity (Wildman–Crippen MR) is 60.5 cm³/mol. The first-order valence-corrected chi connectivity index (χ1v) is 5.40. The minimum absolute atomic E-state index is 0.0400. The number of aromatic hydroxyl groups is 1. The van der Waals surface area contributed by atoms with E-state index in [1.807, 2.05) is 0 Å². The highest BCUT2D eigenvalue weighted by Gasteiger charge is 2.21. The number of carboxylic acids is 1. The molecule has 0 atom stereocenters. The minimum Gasteiger partial charge on any atom is -0.506 e. The maximum atomic E-state index is 11.2. The van der Waals surface area contributed by atoms with Crippen LogP contribution in [-0.2, 0) is 0 Å². The zero-order chi connectivity index (χ0) is 11.7. The third-order valence-corrected chi connectivity index (χ3v) is 3.76. The zero-order valence-corrected chi connectivity index (χ0v) is 10.7. The van der Waals surface area contributed by atoms with Gasteiger partial charge in [-0.15, -0.1) is 0 Å². The van der Waals surface area contributed by atoms with Gasteiger partial charge in [0.1, 0.15) is 11.3 Å². The molecule has 4 nitrogen and oxygen atoms in total. The largest absolute Gasteiger partial charge is 0.506 e. The summed E-state index contributed by atoms with van der Waals surface area (Å²) >= 11 is 6.19. The Morgan fingerprint density at radius 3 is 2.27 bits per heavy atom. The Hall–Kier alpha value is -0.880. The van der Waals surface area contributed by atoms with Crippen LogP contribution in [-0.4, -0.2) is 22.0 Å². The molecule has 0 radical (unpaired) electrons. The van der Waals surface area contributed by atoms with Gasteiger partial charge in [-0.25, -0.2) is 4.79 Å². The van der Waals surface area contributed by atoms with Gasteiger partial charge in [-0.3, -0.25) is 4.79 Å². The average Bonchev–Trinajstić information content (AvgIpc) is 2.10. The number of benzene rings is 1. The van der Waals surface area contributed by atoms with Gasteiger partial charge in [-0.2, -0.15) is 0 Å². The van der Waals surface area contributed by atoms with Crippen molar-refractivity contribution in [3.8, 4) is 5.75 Å². The Morgan fingerprint density at radius 1 is 1.33 bits per heavy atom. The second-order valence-electron chi connectivity index (χ2n) is 2.80. The second kappa shape index (κ2) is 4.32. The van der Waals surface area contributed by atoms with E-state index in [4.69, 9.17) is 5.11 Å². The van der Waals surface area contributed by atoms with E-state index in [0.29, 0.717) is 8.95 Å². The SMILES string of the molecule is CC(=O)c1c(O)c(C(=O)O)cc(Br)c1Br. The summed E-state index contributed by atoms with van der Waals surface area (Å²) in [5, 5.41) is 18.4. The van der Waals surface area contributed by atoms with E-state index in [1.54, 1.807) is 0 Å². The number of carbonyl (C=O) groups excluding carboxylic acids is 1. The molecular weight excluding hydrogens is 332 g/mol. The summed E-state index contributed by atoms with van der Waals surface area (Å²) in [5.41, 5.74) is -0.350. The third kappa shape index (κ3) is 2.21. The molecule has 0 spiro atoms. The molecule has 0 saturated carbocycles. The third-order valence-electron chi connectivity index (χ3n) is 1.77. The molecule has 0 aliphatic heterocycles. The standard InChI is InChI=1S/C9H6Br2O4/c1-3(12)6-7(11)5(10)2-4(8(6)13)9(14)15/h2,13H,1H3,(H,14,15). The molecule has 1 aromatic carbocycles. The number of phenols is 1. The number of rotatable bonds is 2. The molecule has 0 aromatic heterocycles. The second-order valence-corrected chi connectivity index (χ2v) is 4.45. The number of carboxylic acid groups (broad SMARTS) is 1. The van der Waals surface area contributed by atoms with Crippen molar-refractivity contribution < 1.29 is 19.8 Å². The van der Waals surface area contributed by atoms with Crippen LogP contribution in [0.3, 0.4) is 0 Å². The summed E-state index contributed by atoms with van der Waals surface area (Å²) in [4.78, 5) is 22.0. The highest BCUT2D eigenvalue weighted by molar-refractivity contribution is 9.13. The number of hydrogen-bond acceptors (Lipinski definition) is 3. The molecule has 80 valence electrons. The van der Waals surface area contributed by atoms with Crippen LogP contribution < -0.4 is 0 Å². The first kappa shape index (κ1) is 12.2. The molecule has 6 heteroatoms. The molecule has 0 aliphatic rings. The van der Waals surface area contributed by atoms with Gasteiger partial charge in [0.2, 0.25) is 0 Å². The number of aromatic carboxylic acids is 1. The smallest absolute Gasteiger partial charge is 0.339 e. The van der Waals surface area contributed by atoms with Crippen LogP contribution in [0.15, 0.2) is 15.0 Å². The van der Waals surface area contributed by atoms with Gasteiger partial charge in [0, 0.05) is 8.95 Å². The molecule has 1 rings (SSSR count). The quantitative estimate of drug-likeness (QED) is 0.814. The topological polar surface area (TPSA) is 74.6 Å². The lowest BCUT2D eigenvalue weighted by atomic mass is 10.1. The normalized spacial score (nSPS) is 10.1. The van der Waals surface area contributed by atoms with Crippen LogP contribution in [0, 0.1) is 0 Å². The van der Waals surface area contributed by atoms with Crippen molar-refractivity contribution in [2.45, 2.75) is 6.92 Å². The number of carbonyl (C=O) groups is 2. The van der Waals surface area contributed by atoms with E-state index >= 15 is 0 Å². The Bertz CT molecular complexity index is 454. The summed E-state index contributed by atoms with van der Waals surface area (Å²) in [5.74, 6) is -2.23. The number of halogens is 2. The highest BCUT2D eigenvalue weighted by atomic mass is 79.9. The van der Waals surface area contributed by atoms with Crippen LogP contribution in [0.25, 0.3) is 0 Å². The molecule has 2 N–H and O–H groups in total. The van der Waals surface area contributed by atoms with E-state index in [0.717, 1.165) is 0 Å². The monoisotopic (exact) mass is 336 g/mol. The lowest BCUT2D eigenvalue weighted by molar-refractivity contribution is 0.0693. The van der Waals surface area contributed by atoms with Crippen molar-refractivity contribution in [2.75, 3.05) is 0 Å². The van der Waals surface area contributed by atoms with Crippen molar-refractivity contribution in [2.24, 2.45) is 0 Å². The van der Waals surface area contributed by atoms with E-state index in [-0.39, 0.29) is 11.1 Å². The van der Waals surface area contributed by atoms with Gasteiger partial charge >= 0.3 is 5.97 Å². The number of ketones is 1. The minimum atomic E-state index is -1.29. The summed E-state index contributed by atoms with van der Waals surface area (Å²) in [6, 6.07) is 1.23. The Balaban J connectivity index is 3.63. The van der Waals surface area contributed by atoms with Crippen molar-refractivity contribution in [1.29, 1.82) is 0 Å². The molecule has 0 amide bonds. The fraction of sp³-hybridized carbons (Fsp3) is 0.111. The average molecular weight is 338 g/mol. The fourth-order valence-electron chi connectivity index (χ4n) is 1.10. The van der Waals surface area contributed by atoms with Crippen LogP contribution in [0.2, 0.25) is 0 Å². The number of hydrogen-bond donors (Lipinski definition) is 2. The van der Waals surface area contributed by atoms with E-state index in [9.17, 15) is 14.7 Å². The summed E-state index contributed by atoms with van der Waals surface area (Å²) in [6.07, 6.45) is 0. The molecule has 0 unspecified atom stereocenters. The predicted octanol–water partition coefficient (Wildman–Crippen LogP) is 2.82. The molecule has 1 aromatic rings. The lowest BCUT2D eigenvalue weighted by Gasteiger charge is -2.08. The summed E-state index contributed by atoms with van der Waals surface area (Å²) in [7, 11) is 0. The Labute approximate surface area is 102 Å². The van der Waals surface area contributed by atoms with E-state index in [2.05, 4.69) is 31.9 Å². The molecule has 15 heavy (non-hydrogen) atoms. The van der Waals surface area contributed by atoms with Crippen molar-refractivity contribution in [1.82, 2.24) is 0 Å². The van der Waals surface area contributed by atoms with Crippen molar-refractivity contribution >= 4 is 43.6 Å². The maximum Gasteiger partial charge on any atom is 0.339 e. The molecule has 0 heterocycles. The van der Waals surface area contributed by atoms with Crippen LogP contribution >= 0.6 is 31.9 Å². The van der Waals surface area contributed by atoms with Crippen LogP contribution in [0.1, 0.15) is 27.6 Å². The lowest BCUT2D eigenvalue weighted by Crippen LogP contribution is -2.03. The molecule has 0 bridgehead atoms. The molecule has 0 fully saturated rings. The highest BCUT2D eigenvalue weighted by Crippen LogP contribution is 2.36. The van der Waals surface area contributed by atoms with E-state index in [1.165, 1.54) is 13.0 Å². The van der Waals surface area contributed by atoms with Gasteiger partial charge in [0.05, 0.1) is 5.56 Å². The number of Topliss-reactive ketones (excluding diaryl/α,β-unsaturated/α-hetero) is 1. The van der Waals surface area contributed by atoms with Crippen molar-refractivity contribution in [3.05, 3.63) is 26.1 Å². The first-order chi connectivity index (χ1) is 6.86. The van der Waals surface area contributed by atoms with Gasteiger partial charge in [0.15, 0.2) is 5.78 Å². The summed E-state index contributed by atoms with van der Waals surface area (Å²) in [6.45, 7) is 1.25. The van der Waals surface area contributed by atoms with Crippen LogP contribution in [0.4, 0.5) is 0 Å². The van der Waals surface area contributed by atoms with Crippen LogP contribution in [0.5, 0.6) is 5.75 Å². The molecular formula is C9H6Br2O4. The maximum absolute atomic E-state index is 11.2. The Morgan fingerprint density at radius 2 is 1.87 bits per heavy atom. The van der Waals surface area contributed by atoms with Gasteiger partial charge in [-0.05, 0) is 44.8 Å². The van der Waals surface area contributed by atoms with Gasteiger partial charge in [-0.1, -0.05) is 0 Å². The van der Waals surface area contributed by atoms with Crippen molar-refractivity contribution in [3.63, 3.8) is 0 Å². The fourth-order valence-corrected chi connectivity index (χ4v) is 2.11. The van der Waals surface area contributed by atoms with E-state index < -0.39 is 17.5 Å². The van der Waals surface area contributed by atoms with Gasteiger partial charge < -0.3 is 10.2 Å². The summed E-state index contributed by atoms with van der Waals surface area (Å²) < 4.78 is 0.750. The first-order valence-electron chi connectivity index (χ1n) is 3.81. The van der Waals surface area contributed by atoms with Gasteiger partial charge in [0.25, 0.3) is 0 Å². The molecule has 0 aliphatic carbocycles. The zero-order valence-electron chi connectivity index (χ0n) is 7.54. The molecule has 0 saturated heterocycles. The Kier molecular flexibility index (Phi) is 3.51.